The first-order chi connectivity index (χ1) is 10.5. The Hall–Kier alpha value is -2.89. The number of benzene rings is 1. The van der Waals surface area contributed by atoms with E-state index in [1.54, 1.807) is 56.7 Å². The predicted molar refractivity (Wildman–Crippen MR) is 83.8 cm³/mol. The van der Waals surface area contributed by atoms with Gasteiger partial charge in [-0.1, -0.05) is 12.1 Å². The molecule has 2 aromatic rings. The molecule has 0 radical (unpaired) electrons. The van der Waals surface area contributed by atoms with Gasteiger partial charge in [0.1, 0.15) is 6.54 Å². The number of hydrogen-bond donors (Lipinski definition) is 1. The fourth-order valence-electron chi connectivity index (χ4n) is 1.93. The van der Waals surface area contributed by atoms with E-state index < -0.39 is 0 Å². The number of nitrogens with one attached hydrogen (secondary N) is 1. The minimum Gasteiger partial charge on any atom is -0.345 e. The first-order valence-electron chi connectivity index (χ1n) is 6.74. The van der Waals surface area contributed by atoms with Gasteiger partial charge < -0.3 is 14.8 Å². The zero-order chi connectivity index (χ0) is 16.1. The molecule has 0 saturated carbocycles. The summed E-state index contributed by atoms with van der Waals surface area (Å²) in [5.41, 5.74) is 0.760. The number of carbonyl (C=O) groups excluding carboxylic acids is 2. The second-order valence-electron chi connectivity index (χ2n) is 5.00. The van der Waals surface area contributed by atoms with Gasteiger partial charge in [-0.3, -0.25) is 14.4 Å². The number of nitrogens with zero attached hydrogens (tertiary/aromatic N) is 2. The molecular weight excluding hydrogens is 282 g/mol. The van der Waals surface area contributed by atoms with E-state index in [0.717, 1.165) is 0 Å². The highest BCUT2D eigenvalue weighted by atomic mass is 16.2. The normalized spacial score (nSPS) is 10.1. The smallest absolute Gasteiger partial charge is 0.253 e. The molecule has 0 saturated heterocycles. The van der Waals surface area contributed by atoms with Gasteiger partial charge in [0.25, 0.3) is 11.5 Å². The van der Waals surface area contributed by atoms with Gasteiger partial charge in [0.2, 0.25) is 5.91 Å². The fraction of sp³-hybridized carbons (Fsp3) is 0.188. The highest BCUT2D eigenvalue weighted by molar-refractivity contribution is 5.96. The number of pyridine rings is 1. The summed E-state index contributed by atoms with van der Waals surface area (Å²) in [7, 11) is 3.32. The van der Waals surface area contributed by atoms with E-state index in [1.165, 1.54) is 15.5 Å². The van der Waals surface area contributed by atoms with Crippen molar-refractivity contribution in [2.45, 2.75) is 6.54 Å². The SMILES string of the molecule is CN(C)C(=O)c1cccc(NC(=O)Cn2ccccc2=O)c1. The maximum atomic E-state index is 12.0. The van der Waals surface area contributed by atoms with Gasteiger partial charge >= 0.3 is 0 Å². The first-order valence-corrected chi connectivity index (χ1v) is 6.74. The minimum absolute atomic E-state index is 0.0778. The number of carbonyl (C=O) groups is 2. The third kappa shape index (κ3) is 3.82. The van der Waals surface area contributed by atoms with Gasteiger partial charge in [0.05, 0.1) is 0 Å². The Kier molecular flexibility index (Phi) is 4.73. The zero-order valence-electron chi connectivity index (χ0n) is 12.4. The first kappa shape index (κ1) is 15.5. The van der Waals surface area contributed by atoms with Crippen molar-refractivity contribution in [3.05, 3.63) is 64.6 Å². The monoisotopic (exact) mass is 299 g/mol. The summed E-state index contributed by atoms with van der Waals surface area (Å²) < 4.78 is 1.31. The Morgan fingerprint density at radius 3 is 2.59 bits per heavy atom. The lowest BCUT2D eigenvalue weighted by Crippen LogP contribution is -2.26. The van der Waals surface area contributed by atoms with E-state index in [2.05, 4.69) is 5.32 Å². The van der Waals surface area contributed by atoms with E-state index in [9.17, 15) is 14.4 Å². The van der Waals surface area contributed by atoms with Crippen LogP contribution in [0.4, 0.5) is 5.69 Å². The maximum Gasteiger partial charge on any atom is 0.253 e. The molecule has 1 N–H and O–H groups in total. The summed E-state index contributed by atoms with van der Waals surface area (Å²) in [5, 5.41) is 2.68. The van der Waals surface area contributed by atoms with E-state index in [4.69, 9.17) is 0 Å². The molecule has 1 heterocycles. The van der Waals surface area contributed by atoms with Crippen molar-refractivity contribution in [2.75, 3.05) is 19.4 Å². The number of rotatable bonds is 4. The average molecular weight is 299 g/mol. The van der Waals surface area contributed by atoms with Crippen LogP contribution in [0.25, 0.3) is 0 Å². The summed E-state index contributed by atoms with van der Waals surface area (Å²) in [6.07, 6.45) is 1.55. The summed E-state index contributed by atoms with van der Waals surface area (Å²) in [4.78, 5) is 36.9. The Balaban J connectivity index is 2.09. The maximum absolute atomic E-state index is 12.0. The van der Waals surface area contributed by atoms with Crippen LogP contribution in [0.15, 0.2) is 53.5 Å². The molecule has 2 amide bonds. The lowest BCUT2D eigenvalue weighted by molar-refractivity contribution is -0.116. The molecule has 0 atom stereocenters. The largest absolute Gasteiger partial charge is 0.345 e. The van der Waals surface area contributed by atoms with E-state index in [0.29, 0.717) is 11.3 Å². The highest BCUT2D eigenvalue weighted by Gasteiger charge is 2.10. The standard InChI is InChI=1S/C16H17N3O3/c1-18(2)16(22)12-6-5-7-13(10-12)17-14(20)11-19-9-4-3-8-15(19)21/h3-10H,11H2,1-2H3,(H,17,20). The van der Waals surface area contributed by atoms with E-state index in [1.807, 2.05) is 0 Å². The Morgan fingerprint density at radius 2 is 1.91 bits per heavy atom. The van der Waals surface area contributed by atoms with Gasteiger partial charge in [-0.15, -0.1) is 0 Å². The second kappa shape index (κ2) is 6.71. The second-order valence-corrected chi connectivity index (χ2v) is 5.00. The Morgan fingerprint density at radius 1 is 1.14 bits per heavy atom. The molecule has 0 fully saturated rings. The van der Waals surface area contributed by atoms with Gasteiger partial charge in [-0.25, -0.2) is 0 Å². The molecule has 0 aliphatic carbocycles. The van der Waals surface area contributed by atoms with Gasteiger partial charge in [0.15, 0.2) is 0 Å². The number of anilines is 1. The molecular formula is C16H17N3O3. The quantitative estimate of drug-likeness (QED) is 0.922. The number of amides is 2. The van der Waals surface area contributed by atoms with Crippen LogP contribution in [-0.4, -0.2) is 35.4 Å². The lowest BCUT2D eigenvalue weighted by atomic mass is 10.2. The highest BCUT2D eigenvalue weighted by Crippen LogP contribution is 2.12. The van der Waals surface area contributed by atoms with Crippen LogP contribution in [0.1, 0.15) is 10.4 Å². The Labute approximate surface area is 128 Å². The lowest BCUT2D eigenvalue weighted by Gasteiger charge is -2.12. The van der Waals surface area contributed by atoms with Gasteiger partial charge in [-0.05, 0) is 24.3 Å². The number of aromatic nitrogens is 1. The molecule has 0 spiro atoms. The summed E-state index contributed by atoms with van der Waals surface area (Å²) in [5.74, 6) is -0.474. The topological polar surface area (TPSA) is 71.4 Å². The van der Waals surface area contributed by atoms with Crippen LogP contribution >= 0.6 is 0 Å². The molecule has 0 aliphatic heterocycles. The predicted octanol–water partition coefficient (Wildman–Crippen LogP) is 1.19. The molecule has 6 heteroatoms. The molecule has 0 bridgehead atoms. The van der Waals surface area contributed by atoms with Crippen molar-refractivity contribution in [3.63, 3.8) is 0 Å². The third-order valence-corrected chi connectivity index (χ3v) is 3.01. The molecule has 6 nitrogen and oxygen atoms in total. The van der Waals surface area contributed by atoms with Crippen molar-refractivity contribution >= 4 is 17.5 Å². The molecule has 1 aromatic heterocycles. The molecule has 0 aliphatic rings. The summed E-state index contributed by atoms with van der Waals surface area (Å²) in [6.45, 7) is -0.0778. The fourth-order valence-corrected chi connectivity index (χ4v) is 1.93. The van der Waals surface area contributed by atoms with Crippen molar-refractivity contribution < 1.29 is 9.59 Å². The van der Waals surface area contributed by atoms with Crippen molar-refractivity contribution in [1.29, 1.82) is 0 Å². The van der Waals surface area contributed by atoms with Crippen molar-refractivity contribution in [3.8, 4) is 0 Å². The van der Waals surface area contributed by atoms with Crippen LogP contribution in [-0.2, 0) is 11.3 Å². The average Bonchev–Trinajstić information content (AvgIpc) is 2.49. The molecule has 22 heavy (non-hydrogen) atoms. The van der Waals surface area contributed by atoms with Crippen LogP contribution < -0.4 is 10.9 Å². The summed E-state index contributed by atoms with van der Waals surface area (Å²) in [6, 6.07) is 11.4. The van der Waals surface area contributed by atoms with Crippen molar-refractivity contribution in [2.24, 2.45) is 0 Å². The van der Waals surface area contributed by atoms with Crippen LogP contribution in [0.5, 0.6) is 0 Å². The molecule has 1 aromatic carbocycles. The number of hydrogen-bond acceptors (Lipinski definition) is 3. The Bertz CT molecular complexity index is 750. The van der Waals surface area contributed by atoms with E-state index >= 15 is 0 Å². The van der Waals surface area contributed by atoms with E-state index in [-0.39, 0.29) is 23.9 Å². The third-order valence-electron chi connectivity index (χ3n) is 3.01. The van der Waals surface area contributed by atoms with Crippen molar-refractivity contribution in [1.82, 2.24) is 9.47 Å². The zero-order valence-corrected chi connectivity index (χ0v) is 12.4. The molecule has 0 unspecified atom stereocenters. The molecule has 2 rings (SSSR count). The minimum atomic E-state index is -0.331. The van der Waals surface area contributed by atoms with Gasteiger partial charge in [0, 0.05) is 37.6 Å². The molecule has 114 valence electrons. The van der Waals surface area contributed by atoms with Crippen LogP contribution in [0.3, 0.4) is 0 Å². The summed E-state index contributed by atoms with van der Waals surface area (Å²) >= 11 is 0. The van der Waals surface area contributed by atoms with Crippen LogP contribution in [0, 0.1) is 0 Å². The van der Waals surface area contributed by atoms with Crippen LogP contribution in [0.2, 0.25) is 0 Å². The van der Waals surface area contributed by atoms with Gasteiger partial charge in [-0.2, -0.15) is 0 Å².